The van der Waals surface area contributed by atoms with Crippen molar-refractivity contribution in [3.63, 3.8) is 0 Å². The predicted molar refractivity (Wildman–Crippen MR) is 67.6 cm³/mol. The first-order chi connectivity index (χ1) is 9.13. The van der Waals surface area contributed by atoms with Crippen molar-refractivity contribution in [3.8, 4) is 0 Å². The quantitative estimate of drug-likeness (QED) is 0.819. The fourth-order valence-electron chi connectivity index (χ4n) is 2.85. The molecule has 1 unspecified atom stereocenters. The molecule has 0 amide bonds. The van der Waals surface area contributed by atoms with Gasteiger partial charge in [0.2, 0.25) is 11.8 Å². The Kier molecular flexibility index (Phi) is 3.29. The smallest absolute Gasteiger partial charge is 0.303 e. The fourth-order valence-corrected chi connectivity index (χ4v) is 2.85. The van der Waals surface area contributed by atoms with Gasteiger partial charge in [-0.25, -0.2) is 0 Å². The summed E-state index contributed by atoms with van der Waals surface area (Å²) in [5.41, 5.74) is 0. The summed E-state index contributed by atoms with van der Waals surface area (Å²) < 4.78 is 5.79. The minimum atomic E-state index is -0.777. The van der Waals surface area contributed by atoms with Crippen molar-refractivity contribution in [3.05, 3.63) is 11.8 Å². The van der Waals surface area contributed by atoms with Gasteiger partial charge in [0.1, 0.15) is 0 Å². The van der Waals surface area contributed by atoms with Gasteiger partial charge in [-0.1, -0.05) is 6.92 Å². The Morgan fingerprint density at radius 1 is 1.32 bits per heavy atom. The number of nitrogens with zero attached hydrogens (tertiary/aromatic N) is 2. The molecule has 2 aliphatic carbocycles. The molecule has 1 aromatic heterocycles. The lowest BCUT2D eigenvalue weighted by molar-refractivity contribution is -0.137. The van der Waals surface area contributed by atoms with Gasteiger partial charge in [-0.2, -0.15) is 0 Å². The van der Waals surface area contributed by atoms with Gasteiger partial charge in [-0.15, -0.1) is 10.2 Å². The first-order valence-corrected chi connectivity index (χ1v) is 7.17. The zero-order chi connectivity index (χ0) is 13.4. The van der Waals surface area contributed by atoms with Gasteiger partial charge < -0.3 is 9.52 Å². The van der Waals surface area contributed by atoms with Crippen molar-refractivity contribution in [1.82, 2.24) is 10.2 Å². The third-order valence-electron chi connectivity index (χ3n) is 4.07. The summed E-state index contributed by atoms with van der Waals surface area (Å²) in [5, 5.41) is 17.1. The Hall–Kier alpha value is -1.39. The third-order valence-corrected chi connectivity index (χ3v) is 4.07. The van der Waals surface area contributed by atoms with E-state index in [2.05, 4.69) is 10.2 Å². The minimum Gasteiger partial charge on any atom is -0.481 e. The highest BCUT2D eigenvalue weighted by atomic mass is 16.4. The third kappa shape index (κ3) is 3.14. The number of rotatable bonds is 7. The zero-order valence-corrected chi connectivity index (χ0v) is 11.2. The topological polar surface area (TPSA) is 76.2 Å². The number of hydrogen-bond donors (Lipinski definition) is 1. The van der Waals surface area contributed by atoms with E-state index in [9.17, 15) is 4.79 Å². The van der Waals surface area contributed by atoms with E-state index in [-0.39, 0.29) is 12.3 Å². The van der Waals surface area contributed by atoms with Crippen molar-refractivity contribution in [2.75, 3.05) is 0 Å². The maximum absolute atomic E-state index is 10.6. The van der Waals surface area contributed by atoms with E-state index in [0.717, 1.165) is 17.7 Å². The Bertz CT molecular complexity index is 451. The van der Waals surface area contributed by atoms with Crippen LogP contribution in [0.2, 0.25) is 0 Å². The van der Waals surface area contributed by atoms with E-state index in [4.69, 9.17) is 9.52 Å². The summed E-state index contributed by atoms with van der Waals surface area (Å²) in [7, 11) is 0. The van der Waals surface area contributed by atoms with Crippen LogP contribution in [0.25, 0.3) is 0 Å². The maximum atomic E-state index is 10.6. The van der Waals surface area contributed by atoms with E-state index in [1.54, 1.807) is 0 Å². The monoisotopic (exact) mass is 264 g/mol. The molecule has 104 valence electrons. The van der Waals surface area contributed by atoms with Crippen LogP contribution in [0.4, 0.5) is 0 Å². The Morgan fingerprint density at radius 3 is 2.47 bits per heavy atom. The van der Waals surface area contributed by atoms with Crippen LogP contribution in [0.1, 0.15) is 56.7 Å². The van der Waals surface area contributed by atoms with Gasteiger partial charge in [0, 0.05) is 18.8 Å². The molecule has 2 fully saturated rings. The highest BCUT2D eigenvalue weighted by Crippen LogP contribution is 2.54. The molecule has 1 N–H and O–H groups in total. The molecule has 1 aromatic rings. The van der Waals surface area contributed by atoms with Crippen molar-refractivity contribution < 1.29 is 14.3 Å². The molecule has 2 saturated carbocycles. The summed E-state index contributed by atoms with van der Waals surface area (Å²) in [5.74, 6) is 2.61. The van der Waals surface area contributed by atoms with Gasteiger partial charge in [0.15, 0.2) is 0 Å². The van der Waals surface area contributed by atoms with Gasteiger partial charge in [0.25, 0.3) is 0 Å². The molecule has 5 heteroatoms. The summed E-state index contributed by atoms with van der Waals surface area (Å²) >= 11 is 0. The SMILES string of the molecule is CC(CC(=O)O)Cc1nnc(C(C2CC2)C2CC2)o1. The lowest BCUT2D eigenvalue weighted by Gasteiger charge is -2.09. The number of aromatic nitrogens is 2. The predicted octanol–water partition coefficient (Wildman–Crippen LogP) is 2.63. The van der Waals surface area contributed by atoms with Crippen LogP contribution in [-0.2, 0) is 11.2 Å². The fraction of sp³-hybridized carbons (Fsp3) is 0.786. The van der Waals surface area contributed by atoms with E-state index in [1.807, 2.05) is 6.92 Å². The minimum absolute atomic E-state index is 0.0334. The second-order valence-electron chi connectivity index (χ2n) is 6.14. The molecular weight excluding hydrogens is 244 g/mol. The maximum Gasteiger partial charge on any atom is 0.303 e. The second kappa shape index (κ2) is 4.94. The molecule has 3 rings (SSSR count). The molecule has 1 atom stereocenters. The average molecular weight is 264 g/mol. The Balaban J connectivity index is 1.63. The normalized spacial score (nSPS) is 20.7. The molecule has 0 aromatic carbocycles. The van der Waals surface area contributed by atoms with Crippen molar-refractivity contribution in [1.29, 1.82) is 0 Å². The standard InChI is InChI=1S/C14H20N2O3/c1-8(7-12(17)18)6-11-15-16-14(19-11)13(9-2-3-9)10-4-5-10/h8-10,13H,2-7H2,1H3,(H,17,18). The molecule has 2 aliphatic rings. The van der Waals surface area contributed by atoms with Crippen LogP contribution in [-0.4, -0.2) is 21.3 Å². The average Bonchev–Trinajstić information content (AvgIpc) is 3.20. The Labute approximate surface area is 112 Å². The van der Waals surface area contributed by atoms with Crippen molar-refractivity contribution in [2.45, 2.75) is 51.4 Å². The van der Waals surface area contributed by atoms with Gasteiger partial charge in [-0.05, 0) is 43.4 Å². The van der Waals surface area contributed by atoms with E-state index < -0.39 is 5.97 Å². The number of carboxylic acids is 1. The van der Waals surface area contributed by atoms with E-state index >= 15 is 0 Å². The van der Waals surface area contributed by atoms with Crippen LogP contribution in [0, 0.1) is 17.8 Å². The number of carbonyl (C=O) groups is 1. The lowest BCUT2D eigenvalue weighted by Crippen LogP contribution is -2.07. The number of hydrogen-bond acceptors (Lipinski definition) is 4. The molecule has 5 nitrogen and oxygen atoms in total. The molecule has 1 heterocycles. The molecule has 0 saturated heterocycles. The van der Waals surface area contributed by atoms with Crippen LogP contribution in [0.5, 0.6) is 0 Å². The number of aliphatic carboxylic acids is 1. The van der Waals surface area contributed by atoms with Gasteiger partial charge in [-0.3, -0.25) is 4.79 Å². The zero-order valence-electron chi connectivity index (χ0n) is 11.2. The largest absolute Gasteiger partial charge is 0.481 e. The van der Waals surface area contributed by atoms with E-state index in [1.165, 1.54) is 25.7 Å². The summed E-state index contributed by atoms with van der Waals surface area (Å²) in [6, 6.07) is 0. The van der Waals surface area contributed by atoms with Crippen LogP contribution in [0.3, 0.4) is 0 Å². The molecular formula is C14H20N2O3. The van der Waals surface area contributed by atoms with Gasteiger partial charge in [0.05, 0.1) is 0 Å². The molecule has 0 bridgehead atoms. The molecule has 0 aliphatic heterocycles. The Morgan fingerprint density at radius 2 is 1.95 bits per heavy atom. The van der Waals surface area contributed by atoms with E-state index in [0.29, 0.717) is 18.2 Å². The lowest BCUT2D eigenvalue weighted by atomic mass is 9.98. The second-order valence-corrected chi connectivity index (χ2v) is 6.14. The summed E-state index contributed by atoms with van der Waals surface area (Å²) in [6.45, 7) is 1.90. The van der Waals surface area contributed by atoms with Crippen LogP contribution in [0.15, 0.2) is 4.42 Å². The van der Waals surface area contributed by atoms with Crippen LogP contribution >= 0.6 is 0 Å². The van der Waals surface area contributed by atoms with Crippen molar-refractivity contribution in [2.24, 2.45) is 17.8 Å². The van der Waals surface area contributed by atoms with Crippen LogP contribution < -0.4 is 0 Å². The highest BCUT2D eigenvalue weighted by Gasteiger charge is 2.45. The highest BCUT2D eigenvalue weighted by molar-refractivity contribution is 5.66. The first-order valence-electron chi connectivity index (χ1n) is 7.17. The molecule has 19 heavy (non-hydrogen) atoms. The molecule has 0 radical (unpaired) electrons. The number of carboxylic acid groups (broad SMARTS) is 1. The van der Waals surface area contributed by atoms with Crippen molar-refractivity contribution >= 4 is 5.97 Å². The molecule has 0 spiro atoms. The summed E-state index contributed by atoms with van der Waals surface area (Å²) in [6.07, 6.45) is 5.85. The van der Waals surface area contributed by atoms with Gasteiger partial charge >= 0.3 is 5.97 Å². The first kappa shape index (κ1) is 12.6. The summed E-state index contributed by atoms with van der Waals surface area (Å²) in [4.78, 5) is 10.6.